The largest absolute Gasteiger partial charge is 0.382 e. The normalized spacial score (nSPS) is 21.2. The fraction of sp³-hybridized carbons (Fsp3) is 0.750. The first-order valence-electron chi connectivity index (χ1n) is 4.27. The lowest BCUT2D eigenvalue weighted by Gasteiger charge is -2.20. The van der Waals surface area contributed by atoms with Gasteiger partial charge in [-0.3, -0.25) is 4.79 Å². The highest BCUT2D eigenvalue weighted by Gasteiger charge is 2.29. The molecule has 1 amide bonds. The highest BCUT2D eigenvalue weighted by molar-refractivity contribution is 5.84. The van der Waals surface area contributed by atoms with Gasteiger partial charge in [0, 0.05) is 13.1 Å². The first-order valence-corrected chi connectivity index (χ1v) is 4.27. The van der Waals surface area contributed by atoms with E-state index >= 15 is 0 Å². The van der Waals surface area contributed by atoms with Crippen LogP contribution in [0.3, 0.4) is 0 Å². The molecular weight excluding hydrogens is 174 g/mol. The van der Waals surface area contributed by atoms with E-state index in [-0.39, 0.29) is 6.29 Å². The Hall–Kier alpha value is -0.940. The molecule has 1 heterocycles. The maximum absolute atomic E-state index is 11.3. The summed E-state index contributed by atoms with van der Waals surface area (Å²) < 4.78 is 0. The van der Waals surface area contributed by atoms with Gasteiger partial charge in [-0.2, -0.15) is 0 Å². The third-order valence-corrected chi connectivity index (χ3v) is 2.13. The fourth-order valence-corrected chi connectivity index (χ4v) is 1.35. The quantitative estimate of drug-likeness (QED) is 0.529. The summed E-state index contributed by atoms with van der Waals surface area (Å²) in [4.78, 5) is 22.8. The molecule has 0 aromatic heterocycles. The molecule has 0 aliphatic carbocycles. The number of amides is 1. The molecule has 0 spiro atoms. The summed E-state index contributed by atoms with van der Waals surface area (Å²) in [5, 5.41) is 18.1. The molecule has 2 atom stereocenters. The molecule has 1 aliphatic rings. The van der Waals surface area contributed by atoms with Crippen LogP contribution in [0.2, 0.25) is 0 Å². The Kier molecular flexibility index (Phi) is 3.39. The third-order valence-electron chi connectivity index (χ3n) is 2.13. The molecule has 13 heavy (non-hydrogen) atoms. The lowest BCUT2D eigenvalue weighted by molar-refractivity contribution is -0.147. The molecular formula is C8H13NO4. The van der Waals surface area contributed by atoms with Gasteiger partial charge in [0.05, 0.1) is 0 Å². The summed E-state index contributed by atoms with van der Waals surface area (Å²) in [6, 6.07) is 0. The molecule has 2 unspecified atom stereocenters. The third kappa shape index (κ3) is 2.26. The highest BCUT2D eigenvalue weighted by Crippen LogP contribution is 2.09. The van der Waals surface area contributed by atoms with Crippen molar-refractivity contribution in [3.63, 3.8) is 0 Å². The lowest BCUT2D eigenvalue weighted by Crippen LogP contribution is -2.44. The monoisotopic (exact) mass is 187 g/mol. The molecule has 2 N–H and O–H groups in total. The minimum Gasteiger partial charge on any atom is -0.382 e. The second-order valence-corrected chi connectivity index (χ2v) is 3.10. The Bertz CT molecular complexity index is 200. The number of likely N-dealkylation sites (tertiary alicyclic amines) is 1. The summed E-state index contributed by atoms with van der Waals surface area (Å²) in [6.07, 6.45) is -1.21. The molecule has 74 valence electrons. The predicted octanol–water partition coefficient (Wildman–Crippen LogP) is -1.47. The van der Waals surface area contributed by atoms with Crippen LogP contribution in [0, 0.1) is 0 Å². The zero-order valence-corrected chi connectivity index (χ0v) is 7.22. The van der Waals surface area contributed by atoms with E-state index in [0.717, 1.165) is 12.8 Å². The number of aliphatic hydroxyl groups is 2. The first-order chi connectivity index (χ1) is 6.16. The van der Waals surface area contributed by atoms with Crippen molar-refractivity contribution in [2.24, 2.45) is 0 Å². The molecule has 5 nitrogen and oxygen atoms in total. The minimum atomic E-state index is -1.60. The average Bonchev–Trinajstić information content (AvgIpc) is 2.67. The smallest absolute Gasteiger partial charge is 0.254 e. The van der Waals surface area contributed by atoms with Gasteiger partial charge in [-0.25, -0.2) is 0 Å². The first kappa shape index (κ1) is 10.1. The van der Waals surface area contributed by atoms with E-state index < -0.39 is 18.1 Å². The average molecular weight is 187 g/mol. The van der Waals surface area contributed by atoms with E-state index in [1.54, 1.807) is 0 Å². The SMILES string of the molecule is O=CC(O)C(O)C(=O)N1CCCC1. The molecule has 0 aromatic rings. The molecule has 1 saturated heterocycles. The van der Waals surface area contributed by atoms with Crippen molar-refractivity contribution in [1.82, 2.24) is 4.90 Å². The van der Waals surface area contributed by atoms with Crippen LogP contribution >= 0.6 is 0 Å². The molecule has 5 heteroatoms. The molecule has 1 aliphatic heterocycles. The summed E-state index contributed by atoms with van der Waals surface area (Å²) >= 11 is 0. The van der Waals surface area contributed by atoms with Crippen LogP contribution in [0.15, 0.2) is 0 Å². The van der Waals surface area contributed by atoms with Crippen molar-refractivity contribution in [1.29, 1.82) is 0 Å². The van der Waals surface area contributed by atoms with Crippen molar-refractivity contribution in [3.05, 3.63) is 0 Å². The van der Waals surface area contributed by atoms with Crippen LogP contribution < -0.4 is 0 Å². The molecule has 1 rings (SSSR count). The number of carbonyl (C=O) groups is 2. The zero-order valence-electron chi connectivity index (χ0n) is 7.22. The number of carbonyl (C=O) groups excluding carboxylic acids is 2. The number of nitrogens with zero attached hydrogens (tertiary/aromatic N) is 1. The van der Waals surface area contributed by atoms with E-state index in [0.29, 0.717) is 13.1 Å². The van der Waals surface area contributed by atoms with Gasteiger partial charge in [-0.1, -0.05) is 0 Å². The number of aliphatic hydroxyl groups excluding tert-OH is 2. The topological polar surface area (TPSA) is 77.8 Å². The van der Waals surface area contributed by atoms with Gasteiger partial charge in [0.25, 0.3) is 5.91 Å². The van der Waals surface area contributed by atoms with Crippen molar-refractivity contribution in [2.45, 2.75) is 25.0 Å². The fourth-order valence-electron chi connectivity index (χ4n) is 1.35. The number of aldehydes is 1. The van der Waals surface area contributed by atoms with Gasteiger partial charge in [0.2, 0.25) is 0 Å². The van der Waals surface area contributed by atoms with Gasteiger partial charge in [-0.15, -0.1) is 0 Å². The van der Waals surface area contributed by atoms with Gasteiger partial charge in [0.1, 0.15) is 6.10 Å². The minimum absolute atomic E-state index is 0.165. The molecule has 0 radical (unpaired) electrons. The van der Waals surface area contributed by atoms with Crippen molar-refractivity contribution in [3.8, 4) is 0 Å². The maximum Gasteiger partial charge on any atom is 0.254 e. The summed E-state index contributed by atoms with van der Waals surface area (Å²) in [5.41, 5.74) is 0. The highest BCUT2D eigenvalue weighted by atomic mass is 16.3. The maximum atomic E-state index is 11.3. The van der Waals surface area contributed by atoms with Crippen LogP contribution in [-0.2, 0) is 9.59 Å². The molecule has 0 aromatic carbocycles. The van der Waals surface area contributed by atoms with E-state index in [4.69, 9.17) is 5.11 Å². The van der Waals surface area contributed by atoms with Crippen molar-refractivity contribution < 1.29 is 19.8 Å². The molecule has 0 bridgehead atoms. The second-order valence-electron chi connectivity index (χ2n) is 3.10. The zero-order chi connectivity index (χ0) is 9.84. The van der Waals surface area contributed by atoms with Gasteiger partial charge in [0.15, 0.2) is 12.4 Å². The second kappa shape index (κ2) is 4.34. The number of hydrogen-bond donors (Lipinski definition) is 2. The lowest BCUT2D eigenvalue weighted by atomic mass is 10.2. The van der Waals surface area contributed by atoms with Crippen LogP contribution in [0.25, 0.3) is 0 Å². The van der Waals surface area contributed by atoms with Crippen LogP contribution in [0.1, 0.15) is 12.8 Å². The standard InChI is InChI=1S/C8H13NO4/c10-5-6(11)7(12)8(13)9-3-1-2-4-9/h5-7,11-12H,1-4H2. The number of hydrogen-bond acceptors (Lipinski definition) is 4. The molecule has 0 saturated carbocycles. The van der Waals surface area contributed by atoms with Crippen molar-refractivity contribution in [2.75, 3.05) is 13.1 Å². The van der Waals surface area contributed by atoms with E-state index in [2.05, 4.69) is 0 Å². The Morgan fingerprint density at radius 1 is 1.31 bits per heavy atom. The Morgan fingerprint density at radius 3 is 2.31 bits per heavy atom. The van der Waals surface area contributed by atoms with Crippen molar-refractivity contribution >= 4 is 12.2 Å². The Morgan fingerprint density at radius 2 is 1.85 bits per heavy atom. The van der Waals surface area contributed by atoms with Gasteiger partial charge >= 0.3 is 0 Å². The van der Waals surface area contributed by atoms with Gasteiger partial charge < -0.3 is 19.9 Å². The van der Waals surface area contributed by atoms with Crippen LogP contribution in [0.4, 0.5) is 0 Å². The van der Waals surface area contributed by atoms with E-state index in [1.165, 1.54) is 4.90 Å². The van der Waals surface area contributed by atoms with E-state index in [9.17, 15) is 14.7 Å². The summed E-state index contributed by atoms with van der Waals surface area (Å²) in [5.74, 6) is -0.558. The Labute approximate surface area is 76.0 Å². The molecule has 1 fully saturated rings. The van der Waals surface area contributed by atoms with Gasteiger partial charge in [-0.05, 0) is 12.8 Å². The number of rotatable bonds is 3. The predicted molar refractivity (Wildman–Crippen MR) is 43.9 cm³/mol. The van der Waals surface area contributed by atoms with Crippen LogP contribution in [0.5, 0.6) is 0 Å². The van der Waals surface area contributed by atoms with E-state index in [1.807, 2.05) is 0 Å². The Balaban J connectivity index is 2.50. The summed E-state index contributed by atoms with van der Waals surface area (Å²) in [6.45, 7) is 1.20. The van der Waals surface area contributed by atoms with Crippen LogP contribution in [-0.4, -0.2) is 52.6 Å². The summed E-state index contributed by atoms with van der Waals surface area (Å²) in [7, 11) is 0.